The highest BCUT2D eigenvalue weighted by atomic mass is 19.1. The van der Waals surface area contributed by atoms with Crippen molar-refractivity contribution in [3.8, 4) is 0 Å². The molecule has 146 valence electrons. The number of hydrogen-bond acceptors (Lipinski definition) is 3. The van der Waals surface area contributed by atoms with Crippen LogP contribution in [0.4, 0.5) is 8.78 Å². The molecule has 5 nitrogen and oxygen atoms in total. The minimum Gasteiger partial charge on any atom is -0.333 e. The number of halogens is 2. The summed E-state index contributed by atoms with van der Waals surface area (Å²) in [6, 6.07) is 6.64. The number of amides is 1. The van der Waals surface area contributed by atoms with Gasteiger partial charge >= 0.3 is 0 Å². The summed E-state index contributed by atoms with van der Waals surface area (Å²) >= 11 is 0. The van der Waals surface area contributed by atoms with Gasteiger partial charge in [0, 0.05) is 36.8 Å². The van der Waals surface area contributed by atoms with E-state index < -0.39 is 11.6 Å². The summed E-state index contributed by atoms with van der Waals surface area (Å²) in [5, 5.41) is 0. The SMILES string of the molecule is O=C(c1ccc(=O)[nH]c1)N1C[C@@H](c2cc(F)cc(F)c2)[C@@H]2[C@H]1C1CCN2CC1. The van der Waals surface area contributed by atoms with Gasteiger partial charge in [-0.3, -0.25) is 14.5 Å². The van der Waals surface area contributed by atoms with Gasteiger partial charge in [-0.1, -0.05) is 0 Å². The first-order valence-electron chi connectivity index (χ1n) is 9.71. The Bertz CT molecular complexity index is 943. The maximum atomic E-state index is 13.9. The molecule has 28 heavy (non-hydrogen) atoms. The van der Waals surface area contributed by atoms with E-state index in [1.165, 1.54) is 30.5 Å². The van der Waals surface area contributed by atoms with Gasteiger partial charge in [0.1, 0.15) is 11.6 Å². The predicted molar refractivity (Wildman–Crippen MR) is 99.1 cm³/mol. The Hall–Kier alpha value is -2.54. The van der Waals surface area contributed by atoms with Crippen molar-refractivity contribution < 1.29 is 13.6 Å². The third-order valence-corrected chi connectivity index (χ3v) is 6.60. The molecule has 0 spiro atoms. The van der Waals surface area contributed by atoms with Crippen molar-refractivity contribution in [3.63, 3.8) is 0 Å². The van der Waals surface area contributed by atoms with E-state index in [2.05, 4.69) is 9.88 Å². The van der Waals surface area contributed by atoms with Crippen molar-refractivity contribution >= 4 is 5.91 Å². The van der Waals surface area contributed by atoms with Crippen molar-refractivity contribution in [2.45, 2.75) is 30.8 Å². The lowest BCUT2D eigenvalue weighted by Crippen LogP contribution is -2.60. The predicted octanol–water partition coefficient (Wildman–Crippen LogP) is 2.36. The van der Waals surface area contributed by atoms with Crippen molar-refractivity contribution in [1.82, 2.24) is 14.8 Å². The molecule has 0 saturated carbocycles. The molecule has 4 saturated heterocycles. The highest BCUT2D eigenvalue weighted by Crippen LogP contribution is 2.47. The van der Waals surface area contributed by atoms with E-state index in [1.54, 1.807) is 0 Å². The summed E-state index contributed by atoms with van der Waals surface area (Å²) < 4.78 is 27.8. The molecule has 4 fully saturated rings. The molecule has 7 heteroatoms. The molecule has 2 bridgehead atoms. The molecular formula is C21H21F2N3O2. The largest absolute Gasteiger partial charge is 0.333 e. The average Bonchev–Trinajstić information content (AvgIpc) is 3.11. The van der Waals surface area contributed by atoms with Gasteiger partial charge in [0.15, 0.2) is 0 Å². The van der Waals surface area contributed by atoms with E-state index in [-0.39, 0.29) is 29.5 Å². The lowest BCUT2D eigenvalue weighted by molar-refractivity contribution is -0.00344. The second-order valence-electron chi connectivity index (χ2n) is 8.06. The summed E-state index contributed by atoms with van der Waals surface area (Å²) in [6.07, 6.45) is 3.50. The van der Waals surface area contributed by atoms with Gasteiger partial charge in [-0.25, -0.2) is 8.78 Å². The van der Waals surface area contributed by atoms with Crippen LogP contribution in [0, 0.1) is 17.6 Å². The third kappa shape index (κ3) is 2.76. The second-order valence-corrected chi connectivity index (χ2v) is 8.06. The smallest absolute Gasteiger partial charge is 0.255 e. The first kappa shape index (κ1) is 17.6. The quantitative estimate of drug-likeness (QED) is 0.864. The number of nitrogens with one attached hydrogen (secondary N) is 1. The molecule has 0 radical (unpaired) electrons. The van der Waals surface area contributed by atoms with Crippen molar-refractivity contribution in [3.05, 3.63) is 69.6 Å². The van der Waals surface area contributed by atoms with Crippen molar-refractivity contribution in [2.75, 3.05) is 19.6 Å². The summed E-state index contributed by atoms with van der Waals surface area (Å²) in [5.41, 5.74) is 0.782. The van der Waals surface area contributed by atoms with Gasteiger partial charge in [-0.15, -0.1) is 0 Å². The zero-order chi connectivity index (χ0) is 19.4. The summed E-state index contributed by atoms with van der Waals surface area (Å²) in [7, 11) is 0. The lowest BCUT2D eigenvalue weighted by Gasteiger charge is -2.51. The number of rotatable bonds is 2. The zero-order valence-electron chi connectivity index (χ0n) is 15.3. The Balaban J connectivity index is 1.54. The Morgan fingerprint density at radius 3 is 2.39 bits per heavy atom. The molecule has 2 aromatic rings. The molecule has 3 atom stereocenters. The van der Waals surface area contributed by atoms with Crippen LogP contribution in [0.3, 0.4) is 0 Å². The van der Waals surface area contributed by atoms with Gasteiger partial charge in [0.2, 0.25) is 5.56 Å². The number of aromatic nitrogens is 1. The molecule has 6 rings (SSSR count). The second kappa shape index (κ2) is 6.51. The maximum absolute atomic E-state index is 13.9. The molecule has 1 aromatic carbocycles. The van der Waals surface area contributed by atoms with Crippen LogP contribution in [-0.2, 0) is 0 Å². The Kier molecular flexibility index (Phi) is 4.08. The van der Waals surface area contributed by atoms with E-state index >= 15 is 0 Å². The van der Waals surface area contributed by atoms with Crippen LogP contribution in [-0.4, -0.2) is 52.4 Å². The lowest BCUT2D eigenvalue weighted by atomic mass is 9.75. The third-order valence-electron chi connectivity index (χ3n) is 6.60. The molecule has 0 unspecified atom stereocenters. The number of H-pyrrole nitrogens is 1. The molecule has 1 aromatic heterocycles. The summed E-state index contributed by atoms with van der Waals surface area (Å²) in [6.45, 7) is 2.34. The highest BCUT2D eigenvalue weighted by molar-refractivity contribution is 5.94. The molecule has 0 aliphatic carbocycles. The fourth-order valence-electron chi connectivity index (χ4n) is 5.45. The number of carbonyl (C=O) groups excluding carboxylic acids is 1. The Morgan fingerprint density at radius 1 is 1.04 bits per heavy atom. The molecule has 4 aliphatic rings. The summed E-state index contributed by atoms with van der Waals surface area (Å²) in [4.78, 5) is 31.4. The Labute approximate surface area is 161 Å². The summed E-state index contributed by atoms with van der Waals surface area (Å²) in [5.74, 6) is -1.06. The molecule has 5 heterocycles. The number of fused-ring (bicyclic) bond motifs is 2. The van der Waals surface area contributed by atoms with Gasteiger partial charge < -0.3 is 9.88 Å². The maximum Gasteiger partial charge on any atom is 0.255 e. The van der Waals surface area contributed by atoms with Gasteiger partial charge in [-0.2, -0.15) is 0 Å². The number of hydrogen-bond donors (Lipinski definition) is 1. The first-order valence-corrected chi connectivity index (χ1v) is 9.71. The Morgan fingerprint density at radius 2 is 1.75 bits per heavy atom. The van der Waals surface area contributed by atoms with Crippen molar-refractivity contribution in [2.24, 2.45) is 5.92 Å². The number of aromatic amines is 1. The van der Waals surface area contributed by atoms with E-state index in [4.69, 9.17) is 0 Å². The van der Waals surface area contributed by atoms with Crippen LogP contribution in [0.1, 0.15) is 34.7 Å². The van der Waals surface area contributed by atoms with E-state index in [0.29, 0.717) is 23.6 Å². The monoisotopic (exact) mass is 385 g/mol. The van der Waals surface area contributed by atoms with Gasteiger partial charge in [0.25, 0.3) is 5.91 Å². The molecule has 1 amide bonds. The highest BCUT2D eigenvalue weighted by Gasteiger charge is 2.54. The molecule has 4 aliphatic heterocycles. The van der Waals surface area contributed by atoms with Crippen LogP contribution in [0.2, 0.25) is 0 Å². The minimum atomic E-state index is -0.590. The number of carbonyl (C=O) groups is 1. The fourth-order valence-corrected chi connectivity index (χ4v) is 5.45. The van der Waals surface area contributed by atoms with Crippen LogP contribution in [0.15, 0.2) is 41.3 Å². The number of piperidine rings is 3. The minimum absolute atomic E-state index is 0.0262. The van der Waals surface area contributed by atoms with Crippen LogP contribution in [0.25, 0.3) is 0 Å². The number of benzene rings is 1. The zero-order valence-corrected chi connectivity index (χ0v) is 15.3. The van der Waals surface area contributed by atoms with Crippen LogP contribution >= 0.6 is 0 Å². The average molecular weight is 385 g/mol. The molecule has 1 N–H and O–H groups in total. The van der Waals surface area contributed by atoms with E-state index in [0.717, 1.165) is 32.0 Å². The number of nitrogens with zero attached hydrogens (tertiary/aromatic N) is 2. The fraction of sp³-hybridized carbons (Fsp3) is 0.429. The van der Waals surface area contributed by atoms with E-state index in [9.17, 15) is 18.4 Å². The number of pyridine rings is 1. The van der Waals surface area contributed by atoms with Crippen LogP contribution < -0.4 is 5.56 Å². The van der Waals surface area contributed by atoms with Crippen LogP contribution in [0.5, 0.6) is 0 Å². The number of likely N-dealkylation sites (tertiary alicyclic amines) is 1. The topological polar surface area (TPSA) is 56.4 Å². The normalized spacial score (nSPS) is 31.1. The standard InChI is InChI=1S/C21H21F2N3O2/c22-15-7-14(8-16(23)9-15)17-11-26(21(28)13-1-2-18(27)24-10-13)19-12-3-5-25(6-4-12)20(17)19/h1-2,7-10,12,17,19-20H,3-6,11H2,(H,24,27)/t17-,19+,20+/m0/s1. The van der Waals surface area contributed by atoms with E-state index in [1.807, 2.05) is 4.90 Å². The van der Waals surface area contributed by atoms with Gasteiger partial charge in [-0.05, 0) is 55.6 Å². The molecular weight excluding hydrogens is 364 g/mol. The van der Waals surface area contributed by atoms with Crippen molar-refractivity contribution in [1.29, 1.82) is 0 Å². The van der Waals surface area contributed by atoms with Gasteiger partial charge in [0.05, 0.1) is 11.6 Å². The first-order chi connectivity index (χ1) is 13.5.